The fourth-order valence-corrected chi connectivity index (χ4v) is 1.71. The summed E-state index contributed by atoms with van der Waals surface area (Å²) in [6, 6.07) is 7.75. The number of amides is 2. The summed E-state index contributed by atoms with van der Waals surface area (Å²) in [5.74, 6) is 0. The number of nitrogens with one attached hydrogen (secondary N) is 3. The summed E-state index contributed by atoms with van der Waals surface area (Å²) < 4.78 is 0. The van der Waals surface area contributed by atoms with Crippen LogP contribution in [0.15, 0.2) is 24.3 Å². The quantitative estimate of drug-likeness (QED) is 0.655. The number of anilines is 2. The minimum atomic E-state index is -0.168. The van der Waals surface area contributed by atoms with Crippen molar-refractivity contribution in [3.8, 4) is 0 Å². The Morgan fingerprint density at radius 2 is 1.74 bits per heavy atom. The smallest absolute Gasteiger partial charge is 0.319 e. The van der Waals surface area contributed by atoms with Crippen molar-refractivity contribution >= 4 is 17.4 Å². The van der Waals surface area contributed by atoms with Crippen LogP contribution in [0.2, 0.25) is 0 Å². The maximum absolute atomic E-state index is 11.5. The lowest BCUT2D eigenvalue weighted by atomic mass is 10.2. The molecule has 0 bridgehead atoms. The van der Waals surface area contributed by atoms with E-state index in [9.17, 15) is 4.79 Å². The van der Waals surface area contributed by atoms with Crippen LogP contribution in [0.3, 0.4) is 0 Å². The summed E-state index contributed by atoms with van der Waals surface area (Å²) in [4.78, 5) is 11.5. The molecule has 1 rings (SSSR count). The first-order chi connectivity index (χ1) is 9.11. The summed E-state index contributed by atoms with van der Waals surface area (Å²) >= 11 is 0. The van der Waals surface area contributed by atoms with E-state index in [-0.39, 0.29) is 12.1 Å². The molecule has 0 atom stereocenters. The highest BCUT2D eigenvalue weighted by atomic mass is 16.2. The van der Waals surface area contributed by atoms with Crippen LogP contribution in [0.4, 0.5) is 16.2 Å². The first-order valence-corrected chi connectivity index (χ1v) is 7.03. The minimum absolute atomic E-state index is 0.138. The molecule has 0 saturated heterocycles. The van der Waals surface area contributed by atoms with Crippen LogP contribution >= 0.6 is 0 Å². The van der Waals surface area contributed by atoms with Gasteiger partial charge in [-0.2, -0.15) is 0 Å². The molecular formula is C15H25N3O. The summed E-state index contributed by atoms with van der Waals surface area (Å²) in [6.07, 6.45) is 3.67. The molecule has 19 heavy (non-hydrogen) atoms. The van der Waals surface area contributed by atoms with Crippen molar-refractivity contribution in [2.75, 3.05) is 17.2 Å². The van der Waals surface area contributed by atoms with E-state index in [1.807, 2.05) is 38.1 Å². The van der Waals surface area contributed by atoms with E-state index in [0.717, 1.165) is 17.9 Å². The monoisotopic (exact) mass is 263 g/mol. The molecule has 4 nitrogen and oxygen atoms in total. The zero-order valence-corrected chi connectivity index (χ0v) is 12.1. The molecule has 2 amide bonds. The van der Waals surface area contributed by atoms with Gasteiger partial charge in [-0.15, -0.1) is 0 Å². The number of benzene rings is 1. The van der Waals surface area contributed by atoms with Crippen LogP contribution in [-0.4, -0.2) is 18.6 Å². The third kappa shape index (κ3) is 6.70. The van der Waals surface area contributed by atoms with Crippen molar-refractivity contribution in [3.63, 3.8) is 0 Å². The molecular weight excluding hydrogens is 238 g/mol. The van der Waals surface area contributed by atoms with E-state index in [1.54, 1.807) is 0 Å². The van der Waals surface area contributed by atoms with Gasteiger partial charge in [0.05, 0.1) is 0 Å². The fraction of sp³-hybridized carbons (Fsp3) is 0.533. The average Bonchev–Trinajstić information content (AvgIpc) is 2.35. The normalized spacial score (nSPS) is 10.3. The molecule has 0 aromatic heterocycles. The van der Waals surface area contributed by atoms with E-state index >= 15 is 0 Å². The average molecular weight is 263 g/mol. The van der Waals surface area contributed by atoms with Crippen molar-refractivity contribution in [1.82, 2.24) is 5.32 Å². The van der Waals surface area contributed by atoms with E-state index in [1.165, 1.54) is 19.3 Å². The van der Waals surface area contributed by atoms with E-state index in [2.05, 4.69) is 22.9 Å². The Morgan fingerprint density at radius 1 is 1.11 bits per heavy atom. The molecule has 1 aromatic rings. The van der Waals surface area contributed by atoms with Crippen LogP contribution in [0.25, 0.3) is 0 Å². The Labute approximate surface area is 116 Å². The van der Waals surface area contributed by atoms with Crippen LogP contribution in [-0.2, 0) is 0 Å². The molecule has 0 heterocycles. The van der Waals surface area contributed by atoms with Crippen molar-refractivity contribution < 1.29 is 4.79 Å². The number of hydrogen-bond donors (Lipinski definition) is 3. The number of rotatable bonds is 7. The van der Waals surface area contributed by atoms with Crippen molar-refractivity contribution in [2.24, 2.45) is 0 Å². The topological polar surface area (TPSA) is 53.2 Å². The lowest BCUT2D eigenvalue weighted by molar-refractivity contribution is 0.250. The van der Waals surface area contributed by atoms with Crippen LogP contribution in [0.5, 0.6) is 0 Å². The number of unbranched alkanes of at least 4 members (excludes halogenated alkanes) is 2. The molecule has 0 spiro atoms. The Hall–Kier alpha value is -1.71. The fourth-order valence-electron chi connectivity index (χ4n) is 1.71. The Bertz CT molecular complexity index is 373. The highest BCUT2D eigenvalue weighted by molar-refractivity contribution is 5.89. The van der Waals surface area contributed by atoms with Gasteiger partial charge in [-0.1, -0.05) is 19.8 Å². The van der Waals surface area contributed by atoms with Gasteiger partial charge in [-0.25, -0.2) is 4.79 Å². The number of urea groups is 1. The standard InChI is InChI=1S/C15H25N3O/c1-4-5-6-11-16-13-7-9-14(10-8-13)18-15(19)17-12(2)3/h7-10,12,16H,4-6,11H2,1-3H3,(H2,17,18,19). The van der Waals surface area contributed by atoms with Gasteiger partial charge in [0, 0.05) is 24.0 Å². The first kappa shape index (κ1) is 15.3. The molecule has 0 unspecified atom stereocenters. The van der Waals surface area contributed by atoms with Gasteiger partial charge in [-0.3, -0.25) is 0 Å². The second kappa shape index (κ2) is 8.40. The maximum Gasteiger partial charge on any atom is 0.319 e. The Kier molecular flexibility index (Phi) is 6.79. The van der Waals surface area contributed by atoms with E-state index in [4.69, 9.17) is 0 Å². The molecule has 0 aliphatic rings. The second-order valence-corrected chi connectivity index (χ2v) is 4.96. The third-order valence-electron chi connectivity index (χ3n) is 2.67. The van der Waals surface area contributed by atoms with Gasteiger partial charge in [0.15, 0.2) is 0 Å². The van der Waals surface area contributed by atoms with Gasteiger partial charge in [0.25, 0.3) is 0 Å². The maximum atomic E-state index is 11.5. The summed E-state index contributed by atoms with van der Waals surface area (Å²) in [7, 11) is 0. The second-order valence-electron chi connectivity index (χ2n) is 4.96. The lowest BCUT2D eigenvalue weighted by Gasteiger charge is -2.11. The van der Waals surface area contributed by atoms with Gasteiger partial charge >= 0.3 is 6.03 Å². The predicted octanol–water partition coefficient (Wildman–Crippen LogP) is 3.82. The molecule has 3 N–H and O–H groups in total. The molecule has 0 fully saturated rings. The van der Waals surface area contributed by atoms with E-state index < -0.39 is 0 Å². The highest BCUT2D eigenvalue weighted by Crippen LogP contribution is 2.13. The molecule has 0 aliphatic heterocycles. The molecule has 0 radical (unpaired) electrons. The van der Waals surface area contributed by atoms with E-state index in [0.29, 0.717) is 0 Å². The Morgan fingerprint density at radius 3 is 2.32 bits per heavy atom. The summed E-state index contributed by atoms with van der Waals surface area (Å²) in [5, 5.41) is 8.95. The number of carbonyl (C=O) groups is 1. The van der Waals surface area contributed by atoms with Gasteiger partial charge in [-0.05, 0) is 44.5 Å². The number of carbonyl (C=O) groups excluding carboxylic acids is 1. The van der Waals surface area contributed by atoms with Gasteiger partial charge < -0.3 is 16.0 Å². The highest BCUT2D eigenvalue weighted by Gasteiger charge is 2.02. The van der Waals surface area contributed by atoms with Crippen LogP contribution in [0.1, 0.15) is 40.0 Å². The zero-order valence-electron chi connectivity index (χ0n) is 12.1. The largest absolute Gasteiger partial charge is 0.385 e. The molecule has 4 heteroatoms. The molecule has 106 valence electrons. The van der Waals surface area contributed by atoms with Crippen molar-refractivity contribution in [1.29, 1.82) is 0 Å². The predicted molar refractivity (Wildman–Crippen MR) is 81.7 cm³/mol. The van der Waals surface area contributed by atoms with Crippen LogP contribution < -0.4 is 16.0 Å². The van der Waals surface area contributed by atoms with Gasteiger partial charge in [0.2, 0.25) is 0 Å². The first-order valence-electron chi connectivity index (χ1n) is 7.03. The zero-order chi connectivity index (χ0) is 14.1. The SMILES string of the molecule is CCCCCNc1ccc(NC(=O)NC(C)C)cc1. The van der Waals surface area contributed by atoms with Crippen LogP contribution in [0, 0.1) is 0 Å². The van der Waals surface area contributed by atoms with Gasteiger partial charge in [0.1, 0.15) is 0 Å². The summed E-state index contributed by atoms with van der Waals surface area (Å²) in [5.41, 5.74) is 1.89. The minimum Gasteiger partial charge on any atom is -0.385 e. The third-order valence-corrected chi connectivity index (χ3v) is 2.67. The molecule has 0 aliphatic carbocycles. The van der Waals surface area contributed by atoms with Crippen molar-refractivity contribution in [2.45, 2.75) is 46.1 Å². The Balaban J connectivity index is 2.36. The molecule has 1 aromatic carbocycles. The summed E-state index contributed by atoms with van der Waals surface area (Å²) in [6.45, 7) is 7.06. The van der Waals surface area contributed by atoms with Crippen molar-refractivity contribution in [3.05, 3.63) is 24.3 Å². The molecule has 0 saturated carbocycles. The number of hydrogen-bond acceptors (Lipinski definition) is 2. The lowest BCUT2D eigenvalue weighted by Crippen LogP contribution is -2.34.